The third-order valence-electron chi connectivity index (χ3n) is 5.30. The monoisotopic (exact) mass is 385 g/mol. The van der Waals surface area contributed by atoms with E-state index in [1.54, 1.807) is 11.3 Å². The molecular weight excluding hydrogens is 362 g/mol. The third kappa shape index (κ3) is 3.67. The SMILES string of the molecule is c1ccc2sc(N3CCN(Cc4nnnn4C[C@@H]4CCCO4)CC3)nc2c1. The van der Waals surface area contributed by atoms with Gasteiger partial charge in [-0.15, -0.1) is 5.10 Å². The predicted molar refractivity (Wildman–Crippen MR) is 104 cm³/mol. The second-order valence-corrected chi connectivity index (χ2v) is 8.15. The average molecular weight is 385 g/mol. The first-order valence-corrected chi connectivity index (χ1v) is 10.4. The number of aromatic nitrogens is 5. The van der Waals surface area contributed by atoms with Crippen molar-refractivity contribution in [3.63, 3.8) is 0 Å². The number of hydrogen-bond acceptors (Lipinski definition) is 8. The van der Waals surface area contributed by atoms with Crippen molar-refractivity contribution in [2.45, 2.75) is 32.0 Å². The van der Waals surface area contributed by atoms with Crippen molar-refractivity contribution in [3.05, 3.63) is 30.1 Å². The fraction of sp³-hybridized carbons (Fsp3) is 0.556. The molecule has 1 aromatic carbocycles. The summed E-state index contributed by atoms with van der Waals surface area (Å²) in [6, 6.07) is 8.34. The molecule has 27 heavy (non-hydrogen) atoms. The molecule has 2 fully saturated rings. The molecule has 0 saturated carbocycles. The topological polar surface area (TPSA) is 72.2 Å². The highest BCUT2D eigenvalue weighted by Gasteiger charge is 2.23. The van der Waals surface area contributed by atoms with Crippen LogP contribution in [0.1, 0.15) is 18.7 Å². The molecule has 3 aromatic rings. The smallest absolute Gasteiger partial charge is 0.186 e. The van der Waals surface area contributed by atoms with Gasteiger partial charge in [0.2, 0.25) is 0 Å². The molecule has 0 amide bonds. The lowest BCUT2D eigenvalue weighted by Gasteiger charge is -2.34. The van der Waals surface area contributed by atoms with E-state index in [1.807, 2.05) is 10.7 Å². The molecule has 2 saturated heterocycles. The van der Waals surface area contributed by atoms with Gasteiger partial charge in [0.25, 0.3) is 0 Å². The van der Waals surface area contributed by atoms with Crippen LogP contribution in [0.2, 0.25) is 0 Å². The van der Waals surface area contributed by atoms with E-state index in [0.717, 1.165) is 75.2 Å². The number of para-hydroxylation sites is 1. The van der Waals surface area contributed by atoms with Crippen molar-refractivity contribution in [1.82, 2.24) is 30.1 Å². The van der Waals surface area contributed by atoms with Crippen LogP contribution in [0.3, 0.4) is 0 Å². The summed E-state index contributed by atoms with van der Waals surface area (Å²) in [6.07, 6.45) is 2.49. The van der Waals surface area contributed by atoms with Gasteiger partial charge >= 0.3 is 0 Å². The number of nitrogens with zero attached hydrogens (tertiary/aromatic N) is 7. The Balaban J connectivity index is 1.19. The Bertz CT molecular complexity index is 863. The van der Waals surface area contributed by atoms with E-state index in [9.17, 15) is 0 Å². The lowest BCUT2D eigenvalue weighted by Crippen LogP contribution is -2.46. The Labute approximate surface area is 161 Å². The highest BCUT2D eigenvalue weighted by atomic mass is 32.1. The van der Waals surface area contributed by atoms with Crippen molar-refractivity contribution in [2.24, 2.45) is 0 Å². The minimum atomic E-state index is 0.253. The normalized spacial score (nSPS) is 21.3. The van der Waals surface area contributed by atoms with Crippen molar-refractivity contribution >= 4 is 26.7 Å². The molecule has 0 unspecified atom stereocenters. The van der Waals surface area contributed by atoms with Gasteiger partial charge < -0.3 is 9.64 Å². The van der Waals surface area contributed by atoms with Crippen LogP contribution < -0.4 is 4.90 Å². The fourth-order valence-electron chi connectivity index (χ4n) is 3.75. The second kappa shape index (κ2) is 7.49. The van der Waals surface area contributed by atoms with Crippen LogP contribution >= 0.6 is 11.3 Å². The zero-order valence-electron chi connectivity index (χ0n) is 15.2. The molecule has 0 bridgehead atoms. The molecule has 1 atom stereocenters. The van der Waals surface area contributed by atoms with Crippen molar-refractivity contribution < 1.29 is 4.74 Å². The number of piperazine rings is 1. The van der Waals surface area contributed by atoms with Crippen molar-refractivity contribution in [2.75, 3.05) is 37.7 Å². The Morgan fingerprint density at radius 1 is 1.15 bits per heavy atom. The minimum Gasteiger partial charge on any atom is -0.376 e. The van der Waals surface area contributed by atoms with E-state index in [0.29, 0.717) is 0 Å². The summed E-state index contributed by atoms with van der Waals surface area (Å²) in [4.78, 5) is 9.59. The van der Waals surface area contributed by atoms with Gasteiger partial charge in [-0.05, 0) is 35.4 Å². The van der Waals surface area contributed by atoms with E-state index in [4.69, 9.17) is 9.72 Å². The summed E-state index contributed by atoms with van der Waals surface area (Å²) in [5.74, 6) is 0.930. The van der Waals surface area contributed by atoms with Crippen LogP contribution in [0, 0.1) is 0 Å². The van der Waals surface area contributed by atoms with Crippen molar-refractivity contribution in [3.8, 4) is 0 Å². The highest BCUT2D eigenvalue weighted by Crippen LogP contribution is 2.29. The van der Waals surface area contributed by atoms with Gasteiger partial charge in [0.05, 0.1) is 29.4 Å². The second-order valence-electron chi connectivity index (χ2n) is 7.14. The minimum absolute atomic E-state index is 0.253. The Morgan fingerprint density at radius 3 is 2.85 bits per heavy atom. The first kappa shape index (κ1) is 17.0. The summed E-state index contributed by atoms with van der Waals surface area (Å²) in [5.41, 5.74) is 1.09. The van der Waals surface area contributed by atoms with Crippen LogP contribution in [-0.4, -0.2) is 69.0 Å². The first-order valence-electron chi connectivity index (χ1n) is 9.55. The van der Waals surface area contributed by atoms with Crippen LogP contribution in [0.15, 0.2) is 24.3 Å². The van der Waals surface area contributed by atoms with Gasteiger partial charge in [0.1, 0.15) is 0 Å². The Kier molecular flexibility index (Phi) is 4.73. The molecule has 0 radical (unpaired) electrons. The molecular formula is C18H23N7OS. The lowest BCUT2D eigenvalue weighted by molar-refractivity contribution is 0.0916. The van der Waals surface area contributed by atoms with Crippen LogP contribution in [-0.2, 0) is 17.8 Å². The molecule has 2 aromatic heterocycles. The van der Waals surface area contributed by atoms with Crippen LogP contribution in [0.4, 0.5) is 5.13 Å². The number of rotatable bonds is 5. The molecule has 0 aliphatic carbocycles. The Morgan fingerprint density at radius 2 is 2.04 bits per heavy atom. The largest absolute Gasteiger partial charge is 0.376 e. The zero-order valence-corrected chi connectivity index (χ0v) is 16.0. The van der Waals surface area contributed by atoms with E-state index in [2.05, 4.69) is 43.5 Å². The number of anilines is 1. The van der Waals surface area contributed by atoms with Crippen LogP contribution in [0.5, 0.6) is 0 Å². The average Bonchev–Trinajstić information content (AvgIpc) is 3.44. The van der Waals surface area contributed by atoms with Gasteiger partial charge in [0, 0.05) is 32.8 Å². The number of fused-ring (bicyclic) bond motifs is 1. The summed E-state index contributed by atoms with van der Waals surface area (Å²) >= 11 is 1.78. The molecule has 9 heteroatoms. The Hall–Kier alpha value is -2.10. The molecule has 142 valence electrons. The van der Waals surface area contributed by atoms with Gasteiger partial charge in [-0.3, -0.25) is 4.90 Å². The molecule has 8 nitrogen and oxygen atoms in total. The molecule has 0 N–H and O–H groups in total. The summed E-state index contributed by atoms with van der Waals surface area (Å²) in [5, 5.41) is 13.4. The maximum absolute atomic E-state index is 5.72. The van der Waals surface area contributed by atoms with E-state index in [-0.39, 0.29) is 6.10 Å². The first-order chi connectivity index (χ1) is 13.3. The maximum Gasteiger partial charge on any atom is 0.186 e. The van der Waals surface area contributed by atoms with Crippen LogP contribution in [0.25, 0.3) is 10.2 Å². The zero-order chi connectivity index (χ0) is 18.1. The predicted octanol–water partition coefficient (Wildman–Crippen LogP) is 1.78. The van der Waals surface area contributed by atoms with Gasteiger partial charge in [-0.1, -0.05) is 23.5 Å². The van der Waals surface area contributed by atoms with Gasteiger partial charge in [-0.25, -0.2) is 9.67 Å². The lowest BCUT2D eigenvalue weighted by atomic mass is 10.2. The maximum atomic E-state index is 5.72. The number of hydrogen-bond donors (Lipinski definition) is 0. The standard InChI is InChI=1S/C18H23N7OS/c1-2-6-16-15(5-1)19-18(27-16)24-9-7-23(8-10-24)13-17-20-21-22-25(17)12-14-4-3-11-26-14/h1-2,5-6,14H,3-4,7-13H2/t14-/m0/s1. The molecule has 2 aliphatic heterocycles. The summed E-state index contributed by atoms with van der Waals surface area (Å²) in [7, 11) is 0. The molecule has 5 rings (SSSR count). The molecule has 0 spiro atoms. The quantitative estimate of drug-likeness (QED) is 0.663. The number of ether oxygens (including phenoxy) is 1. The molecule has 4 heterocycles. The summed E-state index contributed by atoms with van der Waals surface area (Å²) < 4.78 is 8.88. The number of tetrazole rings is 1. The van der Waals surface area contributed by atoms with Gasteiger partial charge in [0.15, 0.2) is 11.0 Å². The third-order valence-corrected chi connectivity index (χ3v) is 6.39. The van der Waals surface area contributed by atoms with Crippen molar-refractivity contribution in [1.29, 1.82) is 0 Å². The molecule has 2 aliphatic rings. The summed E-state index contributed by atoms with van der Waals surface area (Å²) in [6.45, 7) is 6.34. The highest BCUT2D eigenvalue weighted by molar-refractivity contribution is 7.22. The number of benzene rings is 1. The van der Waals surface area contributed by atoms with E-state index >= 15 is 0 Å². The number of thiazole rings is 1. The fourth-order valence-corrected chi connectivity index (χ4v) is 4.77. The van der Waals surface area contributed by atoms with E-state index in [1.165, 1.54) is 4.70 Å². The van der Waals surface area contributed by atoms with E-state index < -0.39 is 0 Å². The van der Waals surface area contributed by atoms with Gasteiger partial charge in [-0.2, -0.15) is 0 Å².